The Morgan fingerprint density at radius 1 is 1.20 bits per heavy atom. The smallest absolute Gasteiger partial charge is 0.232 e. The molecule has 4 rings (SSSR count). The van der Waals surface area contributed by atoms with E-state index >= 15 is 0 Å². The van der Waals surface area contributed by atoms with Gasteiger partial charge in [-0.25, -0.2) is 4.98 Å². The van der Waals surface area contributed by atoms with E-state index in [1.54, 1.807) is 25.1 Å². The predicted octanol–water partition coefficient (Wildman–Crippen LogP) is 3.60. The van der Waals surface area contributed by atoms with Gasteiger partial charge < -0.3 is 19.2 Å². The van der Waals surface area contributed by atoms with Crippen LogP contribution in [0.25, 0.3) is 11.5 Å². The van der Waals surface area contributed by atoms with E-state index in [1.807, 2.05) is 24.3 Å². The van der Waals surface area contributed by atoms with Gasteiger partial charge in [0.1, 0.15) is 11.5 Å². The number of aryl methyl sites for hydroxylation is 1. The Bertz CT molecular complexity index is 1110. The van der Waals surface area contributed by atoms with Crippen LogP contribution in [0.15, 0.2) is 46.9 Å². The van der Waals surface area contributed by atoms with Gasteiger partial charge in [0, 0.05) is 17.3 Å². The Morgan fingerprint density at radius 3 is 2.83 bits per heavy atom. The highest BCUT2D eigenvalue weighted by atomic mass is 35.5. The Kier molecular flexibility index (Phi) is 6.06. The van der Waals surface area contributed by atoms with Crippen LogP contribution in [0.1, 0.15) is 17.0 Å². The van der Waals surface area contributed by atoms with Crippen molar-refractivity contribution >= 4 is 28.3 Å². The number of ether oxygens (including phenoxy) is 2. The lowest BCUT2D eigenvalue weighted by Gasteiger charge is -2.06. The van der Waals surface area contributed by atoms with Gasteiger partial charge >= 0.3 is 0 Å². The van der Waals surface area contributed by atoms with Crippen LogP contribution in [0.2, 0.25) is 5.02 Å². The first-order chi connectivity index (χ1) is 14.5. The molecule has 1 aliphatic rings. The van der Waals surface area contributed by atoms with Crippen molar-refractivity contribution in [1.82, 2.24) is 10.3 Å². The van der Waals surface area contributed by atoms with E-state index in [1.165, 1.54) is 0 Å². The normalized spacial score (nSPS) is 13.3. The van der Waals surface area contributed by atoms with E-state index in [-0.39, 0.29) is 24.2 Å². The van der Waals surface area contributed by atoms with Crippen molar-refractivity contribution in [3.63, 3.8) is 0 Å². The highest BCUT2D eigenvalue weighted by Gasteiger charge is 2.18. The molecular weight excluding hydrogens is 428 g/mol. The lowest BCUT2D eigenvalue weighted by molar-refractivity contribution is -0.118. The van der Waals surface area contributed by atoms with Crippen molar-refractivity contribution < 1.29 is 22.9 Å². The number of rotatable bonds is 7. The number of oxazole rings is 1. The summed E-state index contributed by atoms with van der Waals surface area (Å²) in [5.41, 5.74) is 2.09. The van der Waals surface area contributed by atoms with Crippen LogP contribution in [0.5, 0.6) is 11.5 Å². The van der Waals surface area contributed by atoms with Crippen LogP contribution in [-0.4, -0.2) is 27.6 Å². The fourth-order valence-corrected chi connectivity index (χ4v) is 4.25. The number of aromatic nitrogens is 1. The standard InChI is InChI=1S/C21H19ClN2O5S/c1-13-17(24-21(29-13)15-4-2-3-5-16(15)22)10-30(26)11-20(25)23-9-14-6-7-18-19(8-14)28-12-27-18/h2-8H,9-12H2,1H3,(H,23,25)/t30-/m0/s1. The minimum Gasteiger partial charge on any atom is -0.454 e. The molecule has 0 saturated heterocycles. The summed E-state index contributed by atoms with van der Waals surface area (Å²) in [5, 5.41) is 3.29. The van der Waals surface area contributed by atoms with E-state index in [4.69, 9.17) is 25.5 Å². The van der Waals surface area contributed by atoms with Crippen LogP contribution in [-0.2, 0) is 27.9 Å². The molecule has 2 aromatic carbocycles. The van der Waals surface area contributed by atoms with Gasteiger partial charge in [0.25, 0.3) is 0 Å². The van der Waals surface area contributed by atoms with E-state index < -0.39 is 10.8 Å². The highest BCUT2D eigenvalue weighted by Crippen LogP contribution is 2.32. The second kappa shape index (κ2) is 8.89. The third-order valence-electron chi connectivity index (χ3n) is 4.51. The molecule has 0 radical (unpaired) electrons. The molecule has 156 valence electrons. The third kappa shape index (κ3) is 4.66. The average molecular weight is 447 g/mol. The molecule has 30 heavy (non-hydrogen) atoms. The monoisotopic (exact) mass is 446 g/mol. The van der Waals surface area contributed by atoms with Gasteiger partial charge in [-0.05, 0) is 36.8 Å². The summed E-state index contributed by atoms with van der Waals surface area (Å²) >= 11 is 6.18. The molecule has 0 aliphatic carbocycles. The van der Waals surface area contributed by atoms with E-state index in [2.05, 4.69) is 10.3 Å². The second-order valence-corrected chi connectivity index (χ2v) is 8.56. The zero-order valence-corrected chi connectivity index (χ0v) is 17.7. The van der Waals surface area contributed by atoms with Gasteiger partial charge in [-0.2, -0.15) is 0 Å². The van der Waals surface area contributed by atoms with Gasteiger partial charge in [0.15, 0.2) is 11.5 Å². The summed E-state index contributed by atoms with van der Waals surface area (Å²) < 4.78 is 28.7. The van der Waals surface area contributed by atoms with Crippen LogP contribution >= 0.6 is 11.6 Å². The largest absolute Gasteiger partial charge is 0.454 e. The highest BCUT2D eigenvalue weighted by molar-refractivity contribution is 7.84. The maximum Gasteiger partial charge on any atom is 0.232 e. The lowest BCUT2D eigenvalue weighted by Crippen LogP contribution is -2.28. The first-order valence-corrected chi connectivity index (χ1v) is 11.1. The molecule has 3 aromatic rings. The maximum atomic E-state index is 12.5. The fraction of sp³-hybridized carbons (Fsp3) is 0.238. The minimum atomic E-state index is -1.43. The number of benzene rings is 2. The second-order valence-electron chi connectivity index (χ2n) is 6.69. The van der Waals surface area contributed by atoms with Crippen LogP contribution in [0.4, 0.5) is 0 Å². The van der Waals surface area contributed by atoms with Crippen molar-refractivity contribution in [3.05, 3.63) is 64.5 Å². The maximum absolute atomic E-state index is 12.5. The molecule has 1 aliphatic heterocycles. The first kappa shape index (κ1) is 20.4. The molecule has 0 fully saturated rings. The van der Waals surface area contributed by atoms with Crippen LogP contribution < -0.4 is 14.8 Å². The number of nitrogens with one attached hydrogen (secondary N) is 1. The van der Waals surface area contributed by atoms with E-state index in [0.29, 0.717) is 46.0 Å². The third-order valence-corrected chi connectivity index (χ3v) is 6.02. The van der Waals surface area contributed by atoms with Gasteiger partial charge in [-0.1, -0.05) is 29.8 Å². The zero-order valence-electron chi connectivity index (χ0n) is 16.1. The molecule has 0 unspecified atom stereocenters. The van der Waals surface area contributed by atoms with Gasteiger partial charge in [0.05, 0.1) is 22.0 Å². The Labute approximate surface area is 180 Å². The number of amides is 1. The summed E-state index contributed by atoms with van der Waals surface area (Å²) in [6.07, 6.45) is 0. The summed E-state index contributed by atoms with van der Waals surface area (Å²) in [7, 11) is -1.43. The van der Waals surface area contributed by atoms with Gasteiger partial charge in [-0.3, -0.25) is 9.00 Å². The topological polar surface area (TPSA) is 90.7 Å². The van der Waals surface area contributed by atoms with E-state index in [9.17, 15) is 9.00 Å². The SMILES string of the molecule is Cc1oc(-c2ccccc2Cl)nc1C[S@](=O)CC(=O)NCc1ccc2c(c1)OCO2. The Balaban J connectivity index is 1.32. The van der Waals surface area contributed by atoms with E-state index in [0.717, 1.165) is 5.56 Å². The molecule has 1 N–H and O–H groups in total. The van der Waals surface area contributed by atoms with Crippen molar-refractivity contribution in [1.29, 1.82) is 0 Å². The van der Waals surface area contributed by atoms with Crippen LogP contribution in [0.3, 0.4) is 0 Å². The van der Waals surface area contributed by atoms with Crippen LogP contribution in [0, 0.1) is 6.92 Å². The molecule has 1 aromatic heterocycles. The molecule has 0 spiro atoms. The fourth-order valence-electron chi connectivity index (χ4n) is 2.96. The van der Waals surface area contributed by atoms with Crippen molar-refractivity contribution in [2.24, 2.45) is 0 Å². The summed E-state index contributed by atoms with van der Waals surface area (Å²) in [6.45, 7) is 2.26. The molecule has 1 atom stereocenters. The summed E-state index contributed by atoms with van der Waals surface area (Å²) in [5.74, 6) is 1.96. The quantitative estimate of drug-likeness (QED) is 0.596. The summed E-state index contributed by atoms with van der Waals surface area (Å²) in [4.78, 5) is 16.6. The summed E-state index contributed by atoms with van der Waals surface area (Å²) in [6, 6.07) is 12.7. The molecule has 9 heteroatoms. The molecule has 0 saturated carbocycles. The molecule has 1 amide bonds. The lowest BCUT2D eigenvalue weighted by atomic mass is 10.2. The minimum absolute atomic E-state index is 0.122. The Morgan fingerprint density at radius 2 is 2.00 bits per heavy atom. The Hall–Kier alpha value is -2.84. The average Bonchev–Trinajstić information content (AvgIpc) is 3.33. The number of nitrogens with zero attached hydrogens (tertiary/aromatic N) is 1. The molecular formula is C21H19ClN2O5S. The molecule has 0 bridgehead atoms. The number of hydrogen-bond acceptors (Lipinski definition) is 6. The van der Waals surface area contributed by atoms with Crippen molar-refractivity contribution in [3.8, 4) is 23.0 Å². The van der Waals surface area contributed by atoms with Crippen molar-refractivity contribution in [2.45, 2.75) is 19.2 Å². The predicted molar refractivity (Wildman–Crippen MR) is 113 cm³/mol. The van der Waals surface area contributed by atoms with Gasteiger partial charge in [-0.15, -0.1) is 0 Å². The molecule has 2 heterocycles. The number of hydrogen-bond donors (Lipinski definition) is 1. The number of halogens is 1. The van der Waals surface area contributed by atoms with Gasteiger partial charge in [0.2, 0.25) is 18.6 Å². The first-order valence-electron chi connectivity index (χ1n) is 9.21. The number of carbonyl (C=O) groups is 1. The number of carbonyl (C=O) groups excluding carboxylic acids is 1. The number of fused-ring (bicyclic) bond motifs is 1. The molecule has 7 nitrogen and oxygen atoms in total. The van der Waals surface area contributed by atoms with Crippen molar-refractivity contribution in [2.75, 3.05) is 12.5 Å². The zero-order chi connectivity index (χ0) is 21.1.